The molecule has 0 radical (unpaired) electrons. The fourth-order valence-electron chi connectivity index (χ4n) is 1.08. The van der Waals surface area contributed by atoms with Crippen LogP contribution in [0.1, 0.15) is 19.4 Å². The van der Waals surface area contributed by atoms with E-state index in [2.05, 4.69) is 37.4 Å². The third-order valence-corrected chi connectivity index (χ3v) is 2.23. The minimum atomic E-state index is 0.578. The van der Waals surface area contributed by atoms with Crippen LogP contribution in [0.4, 0.5) is 5.69 Å². The van der Waals surface area contributed by atoms with Gasteiger partial charge in [0.05, 0.1) is 0 Å². The lowest BCUT2D eigenvalue weighted by Gasteiger charge is -2.04. The molecule has 1 N–H and O–H groups in total. The van der Waals surface area contributed by atoms with E-state index in [1.165, 1.54) is 5.57 Å². The number of benzene rings is 1. The first-order valence-corrected chi connectivity index (χ1v) is 5.28. The van der Waals surface area contributed by atoms with Crippen molar-refractivity contribution in [2.45, 2.75) is 19.7 Å². The molecule has 0 amide bonds. The molecule has 1 rings (SSSR count). The van der Waals surface area contributed by atoms with E-state index in [1.807, 2.05) is 12.1 Å². The smallest absolute Gasteiger partial charge is 0.0474 e. The lowest BCUT2D eigenvalue weighted by atomic mass is 10.2. The number of alkyl halides is 1. The number of hydrogen-bond donors (Lipinski definition) is 1. The Balaban J connectivity index is 2.48. The normalized spacial score (nSPS) is 9.64. The van der Waals surface area contributed by atoms with E-state index in [-0.39, 0.29) is 0 Å². The van der Waals surface area contributed by atoms with E-state index in [1.54, 1.807) is 0 Å². The van der Waals surface area contributed by atoms with Crippen molar-refractivity contribution in [3.05, 3.63) is 41.5 Å². The number of allylic oxidation sites excluding steroid dienone is 1. The van der Waals surface area contributed by atoms with Gasteiger partial charge in [-0.05, 0) is 31.5 Å². The predicted molar refractivity (Wildman–Crippen MR) is 63.9 cm³/mol. The second-order valence-electron chi connectivity index (χ2n) is 3.49. The Morgan fingerprint density at radius 1 is 1.29 bits per heavy atom. The number of hydrogen-bond acceptors (Lipinski definition) is 1. The first-order chi connectivity index (χ1) is 6.72. The number of nitrogens with one attached hydrogen (secondary N) is 1. The van der Waals surface area contributed by atoms with Crippen molar-refractivity contribution in [3.8, 4) is 0 Å². The first kappa shape index (κ1) is 11.1. The molecule has 1 aromatic rings. The van der Waals surface area contributed by atoms with Gasteiger partial charge in [-0.1, -0.05) is 23.8 Å². The Morgan fingerprint density at radius 3 is 2.43 bits per heavy atom. The van der Waals surface area contributed by atoms with Gasteiger partial charge in [-0.15, -0.1) is 11.6 Å². The predicted octanol–water partition coefficient (Wildman–Crippen LogP) is 3.80. The van der Waals surface area contributed by atoms with Crippen molar-refractivity contribution in [3.63, 3.8) is 0 Å². The molecule has 76 valence electrons. The van der Waals surface area contributed by atoms with Crippen LogP contribution in [-0.2, 0) is 5.88 Å². The van der Waals surface area contributed by atoms with E-state index >= 15 is 0 Å². The molecule has 0 unspecified atom stereocenters. The molecule has 0 saturated heterocycles. The minimum absolute atomic E-state index is 0.578. The summed E-state index contributed by atoms with van der Waals surface area (Å²) in [5, 5.41) is 3.31. The summed E-state index contributed by atoms with van der Waals surface area (Å²) in [7, 11) is 0. The van der Waals surface area contributed by atoms with Crippen LogP contribution >= 0.6 is 11.6 Å². The Morgan fingerprint density at radius 2 is 1.93 bits per heavy atom. The largest absolute Gasteiger partial charge is 0.382 e. The van der Waals surface area contributed by atoms with Gasteiger partial charge in [-0.3, -0.25) is 0 Å². The van der Waals surface area contributed by atoms with E-state index < -0.39 is 0 Å². The third-order valence-electron chi connectivity index (χ3n) is 1.92. The second kappa shape index (κ2) is 5.71. The molecule has 0 saturated carbocycles. The summed E-state index contributed by atoms with van der Waals surface area (Å²) in [6.45, 7) is 5.07. The molecule has 0 aliphatic carbocycles. The maximum absolute atomic E-state index is 5.70. The average Bonchev–Trinajstić information content (AvgIpc) is 2.18. The van der Waals surface area contributed by atoms with Gasteiger partial charge in [0.15, 0.2) is 0 Å². The number of anilines is 1. The van der Waals surface area contributed by atoms with Gasteiger partial charge >= 0.3 is 0 Å². The fourth-order valence-corrected chi connectivity index (χ4v) is 1.26. The summed E-state index contributed by atoms with van der Waals surface area (Å²) in [6.07, 6.45) is 2.16. The highest BCUT2D eigenvalue weighted by Crippen LogP contribution is 2.10. The molecule has 0 bridgehead atoms. The summed E-state index contributed by atoms with van der Waals surface area (Å²) >= 11 is 5.70. The zero-order chi connectivity index (χ0) is 10.4. The first-order valence-electron chi connectivity index (χ1n) is 4.74. The monoisotopic (exact) mass is 209 g/mol. The van der Waals surface area contributed by atoms with E-state index in [9.17, 15) is 0 Å². The summed E-state index contributed by atoms with van der Waals surface area (Å²) in [6, 6.07) is 8.18. The molecule has 0 aromatic heterocycles. The van der Waals surface area contributed by atoms with Gasteiger partial charge in [0.2, 0.25) is 0 Å². The van der Waals surface area contributed by atoms with Crippen molar-refractivity contribution in [1.29, 1.82) is 0 Å². The zero-order valence-corrected chi connectivity index (χ0v) is 9.43. The molecule has 0 heterocycles. The Labute approximate surface area is 90.8 Å². The molecule has 14 heavy (non-hydrogen) atoms. The van der Waals surface area contributed by atoms with Crippen LogP contribution in [0.5, 0.6) is 0 Å². The molecule has 0 fully saturated rings. The Kier molecular flexibility index (Phi) is 4.54. The van der Waals surface area contributed by atoms with Gasteiger partial charge in [0, 0.05) is 18.1 Å². The SMILES string of the molecule is CC(C)=CCNc1ccc(CCl)cc1. The van der Waals surface area contributed by atoms with E-state index in [4.69, 9.17) is 11.6 Å². The minimum Gasteiger partial charge on any atom is -0.382 e. The average molecular weight is 210 g/mol. The van der Waals surface area contributed by atoms with Crippen LogP contribution in [0.2, 0.25) is 0 Å². The Hall–Kier alpha value is -0.950. The van der Waals surface area contributed by atoms with Gasteiger partial charge < -0.3 is 5.32 Å². The number of rotatable bonds is 4. The van der Waals surface area contributed by atoms with Gasteiger partial charge in [0.25, 0.3) is 0 Å². The summed E-state index contributed by atoms with van der Waals surface area (Å²) in [4.78, 5) is 0. The highest BCUT2D eigenvalue weighted by molar-refractivity contribution is 6.17. The molecule has 1 nitrogen and oxygen atoms in total. The maximum atomic E-state index is 5.70. The third kappa shape index (κ3) is 3.84. The molecule has 0 aliphatic rings. The summed E-state index contributed by atoms with van der Waals surface area (Å²) in [5.74, 6) is 0.578. The molecular formula is C12H16ClN. The zero-order valence-electron chi connectivity index (χ0n) is 8.68. The van der Waals surface area contributed by atoms with Crippen LogP contribution in [0.25, 0.3) is 0 Å². The highest BCUT2D eigenvalue weighted by atomic mass is 35.5. The van der Waals surface area contributed by atoms with Crippen molar-refractivity contribution >= 4 is 17.3 Å². The quantitative estimate of drug-likeness (QED) is 0.588. The van der Waals surface area contributed by atoms with Crippen LogP contribution in [-0.4, -0.2) is 6.54 Å². The molecule has 0 atom stereocenters. The fraction of sp³-hybridized carbons (Fsp3) is 0.333. The van der Waals surface area contributed by atoms with Crippen molar-refractivity contribution in [1.82, 2.24) is 0 Å². The van der Waals surface area contributed by atoms with Crippen LogP contribution in [0, 0.1) is 0 Å². The van der Waals surface area contributed by atoms with Gasteiger partial charge in [-0.2, -0.15) is 0 Å². The molecule has 2 heteroatoms. The number of halogens is 1. The Bertz CT molecular complexity index is 297. The summed E-state index contributed by atoms with van der Waals surface area (Å²) < 4.78 is 0. The lowest BCUT2D eigenvalue weighted by Crippen LogP contribution is -1.98. The van der Waals surface area contributed by atoms with Crippen LogP contribution < -0.4 is 5.32 Å². The molecule has 0 spiro atoms. The summed E-state index contributed by atoms with van der Waals surface area (Å²) in [5.41, 5.74) is 3.62. The maximum Gasteiger partial charge on any atom is 0.0474 e. The topological polar surface area (TPSA) is 12.0 Å². The molecule has 1 aromatic carbocycles. The van der Waals surface area contributed by atoms with E-state index in [0.717, 1.165) is 17.8 Å². The van der Waals surface area contributed by atoms with Crippen molar-refractivity contribution in [2.75, 3.05) is 11.9 Å². The lowest BCUT2D eigenvalue weighted by molar-refractivity contribution is 1.26. The van der Waals surface area contributed by atoms with Crippen molar-refractivity contribution < 1.29 is 0 Å². The highest BCUT2D eigenvalue weighted by Gasteiger charge is 1.91. The van der Waals surface area contributed by atoms with Crippen LogP contribution in [0.3, 0.4) is 0 Å². The van der Waals surface area contributed by atoms with Crippen LogP contribution in [0.15, 0.2) is 35.9 Å². The van der Waals surface area contributed by atoms with E-state index in [0.29, 0.717) is 5.88 Å². The van der Waals surface area contributed by atoms with Crippen molar-refractivity contribution in [2.24, 2.45) is 0 Å². The standard InChI is InChI=1S/C12H16ClN/c1-10(2)7-8-14-12-5-3-11(9-13)4-6-12/h3-7,14H,8-9H2,1-2H3. The molecular weight excluding hydrogens is 194 g/mol. The van der Waals surface area contributed by atoms with Gasteiger partial charge in [0.1, 0.15) is 0 Å². The van der Waals surface area contributed by atoms with Gasteiger partial charge in [-0.25, -0.2) is 0 Å². The second-order valence-corrected chi connectivity index (χ2v) is 3.76. The molecule has 0 aliphatic heterocycles.